The fraction of sp³-hybridized carbons (Fsp3) is 0.182. The maximum Gasteiger partial charge on any atom is 0.265 e. The summed E-state index contributed by atoms with van der Waals surface area (Å²) in [6.45, 7) is 1.89. The summed E-state index contributed by atoms with van der Waals surface area (Å²) >= 11 is 1.35. The normalized spacial score (nSPS) is 13.2. The Labute approximate surface area is 167 Å². The second-order valence-corrected chi connectivity index (χ2v) is 8.03. The van der Waals surface area contributed by atoms with Gasteiger partial charge in [0.1, 0.15) is 5.75 Å². The largest absolute Gasteiger partial charge is 0.508 e. The maximum absolute atomic E-state index is 12.7. The summed E-state index contributed by atoms with van der Waals surface area (Å²) < 4.78 is 0. The molecule has 142 valence electrons. The Hall–Kier alpha value is -3.12. The molecule has 1 aliphatic rings. The number of amides is 2. The summed E-state index contributed by atoms with van der Waals surface area (Å²) in [6.07, 6.45) is 2.06. The zero-order valence-electron chi connectivity index (χ0n) is 15.4. The number of phenols is 1. The van der Waals surface area contributed by atoms with Crippen molar-refractivity contribution >= 4 is 28.8 Å². The van der Waals surface area contributed by atoms with E-state index < -0.39 is 0 Å². The van der Waals surface area contributed by atoms with E-state index in [1.165, 1.54) is 11.3 Å². The minimum absolute atomic E-state index is 0.111. The average molecular weight is 392 g/mol. The third-order valence-corrected chi connectivity index (χ3v) is 5.75. The number of thiophene rings is 1. The number of carbonyl (C=O) groups is 2. The van der Waals surface area contributed by atoms with Gasteiger partial charge < -0.3 is 15.7 Å². The first-order valence-electron chi connectivity index (χ1n) is 9.12. The molecule has 4 rings (SSSR count). The van der Waals surface area contributed by atoms with Crippen LogP contribution in [0.2, 0.25) is 0 Å². The second kappa shape index (κ2) is 7.48. The molecule has 1 aromatic heterocycles. The summed E-state index contributed by atoms with van der Waals surface area (Å²) in [5, 5.41) is 15.5. The van der Waals surface area contributed by atoms with E-state index in [4.69, 9.17) is 0 Å². The molecule has 0 aliphatic heterocycles. The summed E-state index contributed by atoms with van der Waals surface area (Å²) in [7, 11) is 0. The molecule has 0 bridgehead atoms. The molecule has 5 nitrogen and oxygen atoms in total. The van der Waals surface area contributed by atoms with Gasteiger partial charge in [-0.3, -0.25) is 9.59 Å². The minimum atomic E-state index is -0.223. The molecule has 28 heavy (non-hydrogen) atoms. The van der Waals surface area contributed by atoms with E-state index in [1.54, 1.807) is 36.4 Å². The van der Waals surface area contributed by atoms with Crippen molar-refractivity contribution in [1.29, 1.82) is 0 Å². The maximum atomic E-state index is 12.7. The standard InChI is InChI=1S/C22H20N2O3S/c1-13-5-6-15(21(26)23-16-7-8-16)12-18(13)24-22(27)20-10-9-19(28-20)14-3-2-4-17(25)11-14/h2-6,9-12,16,25H,7-8H2,1H3,(H,23,26)(H,24,27). The molecular formula is C22H20N2O3S. The number of nitrogens with one attached hydrogen (secondary N) is 2. The highest BCUT2D eigenvalue weighted by Gasteiger charge is 2.24. The Balaban J connectivity index is 1.51. The van der Waals surface area contributed by atoms with Crippen LogP contribution in [0.25, 0.3) is 10.4 Å². The molecule has 0 saturated heterocycles. The van der Waals surface area contributed by atoms with Crippen LogP contribution in [0.1, 0.15) is 38.4 Å². The van der Waals surface area contributed by atoms with Gasteiger partial charge in [-0.2, -0.15) is 0 Å². The van der Waals surface area contributed by atoms with Crippen LogP contribution in [0.5, 0.6) is 5.75 Å². The molecule has 1 fully saturated rings. The number of benzene rings is 2. The topological polar surface area (TPSA) is 78.4 Å². The van der Waals surface area contributed by atoms with Crippen LogP contribution in [0, 0.1) is 6.92 Å². The number of phenolic OH excluding ortho intramolecular Hbond substituents is 1. The summed E-state index contributed by atoms with van der Waals surface area (Å²) in [4.78, 5) is 26.4. The number of hydrogen-bond acceptors (Lipinski definition) is 4. The van der Waals surface area contributed by atoms with E-state index in [0.29, 0.717) is 16.1 Å². The summed E-state index contributed by atoms with van der Waals surface area (Å²) in [6, 6.07) is 16.2. The third kappa shape index (κ3) is 4.07. The van der Waals surface area contributed by atoms with Gasteiger partial charge in [0.15, 0.2) is 0 Å². The van der Waals surface area contributed by atoms with Crippen LogP contribution < -0.4 is 10.6 Å². The fourth-order valence-electron chi connectivity index (χ4n) is 2.85. The van der Waals surface area contributed by atoms with Crippen LogP contribution in [0.15, 0.2) is 54.6 Å². The van der Waals surface area contributed by atoms with E-state index >= 15 is 0 Å². The lowest BCUT2D eigenvalue weighted by atomic mass is 10.1. The van der Waals surface area contributed by atoms with Crippen molar-refractivity contribution in [2.24, 2.45) is 0 Å². The molecule has 2 aromatic carbocycles. The van der Waals surface area contributed by atoms with Crippen molar-refractivity contribution in [3.8, 4) is 16.2 Å². The van der Waals surface area contributed by atoms with Gasteiger partial charge in [0.05, 0.1) is 4.88 Å². The van der Waals surface area contributed by atoms with Gasteiger partial charge in [-0.25, -0.2) is 0 Å². The second-order valence-electron chi connectivity index (χ2n) is 6.95. The molecule has 2 amide bonds. The van der Waals surface area contributed by atoms with Gasteiger partial charge in [-0.1, -0.05) is 18.2 Å². The number of carbonyl (C=O) groups excluding carboxylic acids is 2. The lowest BCUT2D eigenvalue weighted by Crippen LogP contribution is -2.25. The smallest absolute Gasteiger partial charge is 0.265 e. The number of hydrogen-bond donors (Lipinski definition) is 3. The van der Waals surface area contributed by atoms with Crippen molar-refractivity contribution in [2.75, 3.05) is 5.32 Å². The van der Waals surface area contributed by atoms with Crippen molar-refractivity contribution in [1.82, 2.24) is 5.32 Å². The van der Waals surface area contributed by atoms with Crippen LogP contribution in [0.4, 0.5) is 5.69 Å². The first-order valence-corrected chi connectivity index (χ1v) is 9.93. The summed E-state index contributed by atoms with van der Waals surface area (Å²) in [5.74, 6) is -0.145. The fourth-order valence-corrected chi connectivity index (χ4v) is 3.75. The van der Waals surface area contributed by atoms with Crippen molar-refractivity contribution < 1.29 is 14.7 Å². The minimum Gasteiger partial charge on any atom is -0.508 e. The highest BCUT2D eigenvalue weighted by Crippen LogP contribution is 2.31. The predicted octanol–water partition coefficient (Wildman–Crippen LogP) is 4.57. The predicted molar refractivity (Wildman–Crippen MR) is 111 cm³/mol. The number of aromatic hydroxyl groups is 1. The van der Waals surface area contributed by atoms with Gasteiger partial charge in [0.2, 0.25) is 0 Å². The van der Waals surface area contributed by atoms with Gasteiger partial charge >= 0.3 is 0 Å². The van der Waals surface area contributed by atoms with E-state index in [0.717, 1.165) is 28.8 Å². The monoisotopic (exact) mass is 392 g/mol. The van der Waals surface area contributed by atoms with Crippen LogP contribution in [-0.2, 0) is 0 Å². The van der Waals surface area contributed by atoms with Crippen molar-refractivity contribution in [2.45, 2.75) is 25.8 Å². The van der Waals surface area contributed by atoms with Crippen LogP contribution in [-0.4, -0.2) is 23.0 Å². The zero-order valence-corrected chi connectivity index (χ0v) is 16.2. The van der Waals surface area contributed by atoms with E-state index in [-0.39, 0.29) is 23.6 Å². The van der Waals surface area contributed by atoms with Gasteiger partial charge in [0, 0.05) is 22.2 Å². The number of aryl methyl sites for hydroxylation is 1. The lowest BCUT2D eigenvalue weighted by Gasteiger charge is -2.10. The van der Waals surface area contributed by atoms with Gasteiger partial charge in [-0.15, -0.1) is 11.3 Å². The molecule has 6 heteroatoms. The van der Waals surface area contributed by atoms with E-state index in [9.17, 15) is 14.7 Å². The van der Waals surface area contributed by atoms with Crippen molar-refractivity contribution in [3.63, 3.8) is 0 Å². The highest BCUT2D eigenvalue weighted by molar-refractivity contribution is 7.17. The lowest BCUT2D eigenvalue weighted by molar-refractivity contribution is 0.0949. The average Bonchev–Trinajstić information content (AvgIpc) is 3.34. The molecule has 3 aromatic rings. The first kappa shape index (κ1) is 18.3. The van der Waals surface area contributed by atoms with Gasteiger partial charge in [-0.05, 0) is 67.3 Å². The van der Waals surface area contributed by atoms with Crippen LogP contribution in [0.3, 0.4) is 0 Å². The van der Waals surface area contributed by atoms with E-state index in [1.807, 2.05) is 25.1 Å². The summed E-state index contributed by atoms with van der Waals surface area (Å²) in [5.41, 5.74) is 2.92. The molecule has 0 radical (unpaired) electrons. The molecule has 1 saturated carbocycles. The van der Waals surface area contributed by atoms with Gasteiger partial charge in [0.25, 0.3) is 11.8 Å². The number of rotatable bonds is 5. The zero-order chi connectivity index (χ0) is 19.7. The Morgan fingerprint density at radius 2 is 1.86 bits per heavy atom. The molecule has 0 spiro atoms. The molecule has 0 unspecified atom stereocenters. The first-order chi connectivity index (χ1) is 13.5. The molecular weight excluding hydrogens is 372 g/mol. The third-order valence-electron chi connectivity index (χ3n) is 4.62. The van der Waals surface area contributed by atoms with E-state index in [2.05, 4.69) is 10.6 Å². The highest BCUT2D eigenvalue weighted by atomic mass is 32.1. The molecule has 3 N–H and O–H groups in total. The molecule has 1 heterocycles. The Kier molecular flexibility index (Phi) is 4.88. The SMILES string of the molecule is Cc1ccc(C(=O)NC2CC2)cc1NC(=O)c1ccc(-c2cccc(O)c2)s1. The molecule has 0 atom stereocenters. The Morgan fingerprint density at radius 1 is 1.04 bits per heavy atom. The molecule has 1 aliphatic carbocycles. The number of anilines is 1. The Morgan fingerprint density at radius 3 is 2.61 bits per heavy atom. The van der Waals surface area contributed by atoms with Crippen LogP contribution >= 0.6 is 11.3 Å². The quantitative estimate of drug-likeness (QED) is 0.595. The Bertz CT molecular complexity index is 1050. The van der Waals surface area contributed by atoms with Crippen molar-refractivity contribution in [3.05, 3.63) is 70.6 Å².